The summed E-state index contributed by atoms with van der Waals surface area (Å²) in [4.78, 5) is 5.98. The zero-order chi connectivity index (χ0) is 17.9. The van der Waals surface area contributed by atoms with E-state index in [0.29, 0.717) is 0 Å². The van der Waals surface area contributed by atoms with Gasteiger partial charge in [0.25, 0.3) is 0 Å². The number of benzene rings is 2. The van der Waals surface area contributed by atoms with Gasteiger partial charge in [-0.25, -0.2) is 4.98 Å². The van der Waals surface area contributed by atoms with Gasteiger partial charge in [-0.3, -0.25) is 0 Å². The Morgan fingerprint density at radius 3 is 2.54 bits per heavy atom. The molecule has 2 aromatic heterocycles. The fourth-order valence-corrected chi connectivity index (χ4v) is 4.68. The minimum absolute atomic E-state index is 0.728. The Morgan fingerprint density at radius 2 is 1.73 bits per heavy atom. The van der Waals surface area contributed by atoms with Crippen LogP contribution in [0.15, 0.2) is 58.6 Å². The summed E-state index contributed by atoms with van der Waals surface area (Å²) in [6.45, 7) is 2.99. The molecule has 0 aliphatic carbocycles. The number of halogens is 1. The van der Waals surface area contributed by atoms with Crippen molar-refractivity contribution in [2.75, 3.05) is 11.5 Å². The van der Waals surface area contributed by atoms with Crippen molar-refractivity contribution < 1.29 is 0 Å². The molecular weight excluding hydrogens is 384 g/mol. The summed E-state index contributed by atoms with van der Waals surface area (Å²) in [6, 6.07) is 16.2. The summed E-state index contributed by atoms with van der Waals surface area (Å²) in [6.07, 6.45) is 0. The van der Waals surface area contributed by atoms with Gasteiger partial charge in [-0.15, -0.1) is 22.0 Å². The molecule has 4 nitrogen and oxygen atoms in total. The average Bonchev–Trinajstić information content (AvgIpc) is 2.99. The number of aryl methyl sites for hydroxylation is 1. The van der Waals surface area contributed by atoms with E-state index in [-0.39, 0.29) is 0 Å². The maximum Gasteiger partial charge on any atom is 0.211 e. The molecule has 0 aliphatic rings. The number of thioether (sulfide) groups is 2. The first kappa shape index (κ1) is 17.6. The highest BCUT2D eigenvalue weighted by atomic mass is 35.5. The summed E-state index contributed by atoms with van der Waals surface area (Å²) in [5, 5.41) is 11.4. The number of nitrogens with zero attached hydrogens (tertiary/aromatic N) is 4. The molecule has 0 aliphatic heterocycles. The van der Waals surface area contributed by atoms with E-state index in [1.807, 2.05) is 36.4 Å². The van der Waals surface area contributed by atoms with E-state index in [4.69, 9.17) is 16.6 Å². The van der Waals surface area contributed by atoms with Crippen molar-refractivity contribution in [3.63, 3.8) is 0 Å². The van der Waals surface area contributed by atoms with Crippen molar-refractivity contribution in [3.8, 4) is 0 Å². The lowest BCUT2D eigenvalue weighted by molar-refractivity contribution is 0.789. The minimum Gasteiger partial charge on any atom is -0.324 e. The summed E-state index contributed by atoms with van der Waals surface area (Å²) in [5.74, 6) is 1.90. The number of rotatable bonds is 6. The topological polar surface area (TPSA) is 43.6 Å². The van der Waals surface area contributed by atoms with Gasteiger partial charge in [0.05, 0.1) is 5.52 Å². The van der Waals surface area contributed by atoms with Crippen molar-refractivity contribution in [3.05, 3.63) is 53.6 Å². The van der Waals surface area contributed by atoms with E-state index < -0.39 is 0 Å². The van der Waals surface area contributed by atoms with Crippen LogP contribution in [0, 0.1) is 0 Å². The summed E-state index contributed by atoms with van der Waals surface area (Å²) >= 11 is 9.36. The van der Waals surface area contributed by atoms with Crippen LogP contribution in [-0.4, -0.2) is 31.3 Å². The number of hydrogen-bond donors (Lipinski definition) is 0. The first-order valence-electron chi connectivity index (χ1n) is 8.39. The molecule has 0 spiro atoms. The van der Waals surface area contributed by atoms with Crippen LogP contribution in [0.5, 0.6) is 0 Å². The fraction of sp³-hybridized carbons (Fsp3) is 0.211. The van der Waals surface area contributed by atoms with Crippen molar-refractivity contribution in [2.45, 2.75) is 23.5 Å². The number of para-hydroxylation sites is 1. The van der Waals surface area contributed by atoms with Gasteiger partial charge >= 0.3 is 0 Å². The van der Waals surface area contributed by atoms with Gasteiger partial charge in [0.15, 0.2) is 5.65 Å². The summed E-state index contributed by atoms with van der Waals surface area (Å²) in [7, 11) is 0. The largest absolute Gasteiger partial charge is 0.324 e. The van der Waals surface area contributed by atoms with E-state index in [9.17, 15) is 0 Å². The third-order valence-corrected chi connectivity index (χ3v) is 6.43. The van der Waals surface area contributed by atoms with Gasteiger partial charge in [0.1, 0.15) is 5.52 Å². The summed E-state index contributed by atoms with van der Waals surface area (Å²) < 4.78 is 2.20. The van der Waals surface area contributed by atoms with Gasteiger partial charge in [0.2, 0.25) is 5.16 Å². The number of aromatic nitrogens is 4. The molecule has 0 saturated heterocycles. The van der Waals surface area contributed by atoms with Crippen molar-refractivity contribution in [1.82, 2.24) is 19.7 Å². The molecule has 0 N–H and O–H groups in total. The van der Waals surface area contributed by atoms with Crippen LogP contribution in [0.2, 0.25) is 5.02 Å². The molecule has 0 radical (unpaired) electrons. The number of fused-ring (bicyclic) bond motifs is 3. The van der Waals surface area contributed by atoms with Crippen LogP contribution in [0.3, 0.4) is 0 Å². The van der Waals surface area contributed by atoms with E-state index in [2.05, 4.69) is 33.8 Å². The van der Waals surface area contributed by atoms with Crippen molar-refractivity contribution >= 4 is 57.2 Å². The molecule has 4 aromatic rings. The first-order chi connectivity index (χ1) is 12.8. The molecule has 2 aromatic carbocycles. The SMILES string of the molecule is CCn1c2ccccc2c2nnc(SCCSc3ccc(Cl)cc3)nc21. The Bertz CT molecular complexity index is 1050. The first-order valence-corrected chi connectivity index (χ1v) is 10.7. The predicted molar refractivity (Wildman–Crippen MR) is 111 cm³/mol. The van der Waals surface area contributed by atoms with Crippen LogP contribution < -0.4 is 0 Å². The zero-order valence-corrected chi connectivity index (χ0v) is 16.6. The van der Waals surface area contributed by atoms with E-state index >= 15 is 0 Å². The molecular formula is C19H17ClN4S2. The molecule has 0 fully saturated rings. The molecule has 0 amide bonds. The smallest absolute Gasteiger partial charge is 0.211 e. The molecule has 132 valence electrons. The highest BCUT2D eigenvalue weighted by Gasteiger charge is 2.13. The second-order valence-electron chi connectivity index (χ2n) is 5.68. The fourth-order valence-electron chi connectivity index (χ4n) is 2.89. The monoisotopic (exact) mass is 400 g/mol. The van der Waals surface area contributed by atoms with E-state index in [1.54, 1.807) is 23.5 Å². The van der Waals surface area contributed by atoms with Crippen LogP contribution in [0.25, 0.3) is 22.1 Å². The standard InChI is InChI=1S/C19H17ClN4S2/c1-2-24-16-6-4-3-5-15(16)17-18(24)21-19(23-22-17)26-12-11-25-14-9-7-13(20)8-10-14/h3-10H,2,11-12H2,1H3. The van der Waals surface area contributed by atoms with Crippen LogP contribution in [0.4, 0.5) is 0 Å². The molecule has 0 atom stereocenters. The lowest BCUT2D eigenvalue weighted by Gasteiger charge is -2.03. The Morgan fingerprint density at radius 1 is 0.962 bits per heavy atom. The van der Waals surface area contributed by atoms with Gasteiger partial charge in [0, 0.05) is 33.4 Å². The summed E-state index contributed by atoms with van der Waals surface area (Å²) in [5.41, 5.74) is 2.95. The molecule has 0 saturated carbocycles. The molecule has 0 bridgehead atoms. The number of hydrogen-bond acceptors (Lipinski definition) is 5. The maximum absolute atomic E-state index is 5.92. The average molecular weight is 401 g/mol. The molecule has 7 heteroatoms. The van der Waals surface area contributed by atoms with E-state index in [0.717, 1.165) is 50.3 Å². The molecule has 4 rings (SSSR count). The molecule has 2 heterocycles. The third kappa shape index (κ3) is 3.54. The highest BCUT2D eigenvalue weighted by Crippen LogP contribution is 2.27. The third-order valence-electron chi connectivity index (χ3n) is 4.07. The second kappa shape index (κ2) is 7.86. The Kier molecular flexibility index (Phi) is 5.33. The second-order valence-corrected chi connectivity index (χ2v) is 8.35. The molecule has 26 heavy (non-hydrogen) atoms. The van der Waals surface area contributed by atoms with Gasteiger partial charge in [-0.1, -0.05) is 41.6 Å². The lowest BCUT2D eigenvalue weighted by Crippen LogP contribution is -1.99. The van der Waals surface area contributed by atoms with Crippen molar-refractivity contribution in [1.29, 1.82) is 0 Å². The van der Waals surface area contributed by atoms with Crippen LogP contribution in [0.1, 0.15) is 6.92 Å². The predicted octanol–water partition coefficient (Wildman–Crippen LogP) is 5.54. The van der Waals surface area contributed by atoms with Gasteiger partial charge < -0.3 is 4.57 Å². The Balaban J connectivity index is 1.48. The maximum atomic E-state index is 5.92. The normalized spacial score (nSPS) is 11.5. The van der Waals surface area contributed by atoms with Crippen molar-refractivity contribution in [2.24, 2.45) is 0 Å². The van der Waals surface area contributed by atoms with Crippen LogP contribution >= 0.6 is 35.1 Å². The lowest BCUT2D eigenvalue weighted by atomic mass is 10.2. The van der Waals surface area contributed by atoms with Gasteiger partial charge in [-0.2, -0.15) is 0 Å². The van der Waals surface area contributed by atoms with E-state index in [1.165, 1.54) is 4.90 Å². The van der Waals surface area contributed by atoms with Gasteiger partial charge in [-0.05, 0) is 37.3 Å². The van der Waals surface area contributed by atoms with Crippen LogP contribution in [-0.2, 0) is 6.54 Å². The Hall–Kier alpha value is -1.76. The minimum atomic E-state index is 0.728. The zero-order valence-electron chi connectivity index (χ0n) is 14.2. The Labute approximate surface area is 165 Å². The highest BCUT2D eigenvalue weighted by molar-refractivity contribution is 8.02. The molecule has 0 unspecified atom stereocenters. The quantitative estimate of drug-likeness (QED) is 0.314.